The molecular formula is C24H23ClFN3O3. The molecule has 0 bridgehead atoms. The van der Waals surface area contributed by atoms with Crippen LogP contribution in [0.2, 0.25) is 5.02 Å². The van der Waals surface area contributed by atoms with E-state index >= 15 is 0 Å². The standard InChI is InChI=1S/C24H23ClFN3O3/c1-24(19-9-11-27-20-8-5-16(26)13-18(19)20)10-12-29(14-21(24)32-2)23(31)22(30)28-17-6-3-15(25)4-7-17/h3-9,11,13,21H,10,12,14H2,1-2H3,(H,28,30)/t21-,24+/m0/s1. The summed E-state index contributed by atoms with van der Waals surface area (Å²) >= 11 is 5.86. The summed E-state index contributed by atoms with van der Waals surface area (Å²) in [6.45, 7) is 2.64. The molecule has 8 heteroatoms. The van der Waals surface area contributed by atoms with Crippen LogP contribution >= 0.6 is 11.6 Å². The maximum Gasteiger partial charge on any atom is 0.313 e. The second kappa shape index (κ2) is 8.84. The number of anilines is 1. The van der Waals surface area contributed by atoms with Gasteiger partial charge in [-0.05, 0) is 60.5 Å². The highest BCUT2D eigenvalue weighted by Gasteiger charge is 2.44. The molecule has 1 saturated heterocycles. The molecule has 1 aliphatic heterocycles. The van der Waals surface area contributed by atoms with E-state index in [0.717, 1.165) is 10.9 Å². The number of rotatable bonds is 3. The lowest BCUT2D eigenvalue weighted by molar-refractivity contribution is -0.147. The lowest BCUT2D eigenvalue weighted by atomic mass is 9.71. The highest BCUT2D eigenvalue weighted by atomic mass is 35.5. The zero-order valence-corrected chi connectivity index (χ0v) is 18.5. The first-order chi connectivity index (χ1) is 15.3. The van der Waals surface area contributed by atoms with Crippen molar-refractivity contribution in [1.82, 2.24) is 9.88 Å². The molecule has 6 nitrogen and oxygen atoms in total. The lowest BCUT2D eigenvalue weighted by Crippen LogP contribution is -2.56. The van der Waals surface area contributed by atoms with Gasteiger partial charge in [0.05, 0.1) is 11.6 Å². The van der Waals surface area contributed by atoms with Crippen molar-refractivity contribution in [1.29, 1.82) is 0 Å². The molecular weight excluding hydrogens is 433 g/mol. The van der Waals surface area contributed by atoms with Crippen LogP contribution in [-0.2, 0) is 19.7 Å². The van der Waals surface area contributed by atoms with Crippen LogP contribution in [0.3, 0.4) is 0 Å². The number of fused-ring (bicyclic) bond motifs is 1. The van der Waals surface area contributed by atoms with Gasteiger partial charge in [-0.25, -0.2) is 4.39 Å². The van der Waals surface area contributed by atoms with Gasteiger partial charge < -0.3 is 15.0 Å². The number of nitrogens with zero attached hydrogens (tertiary/aromatic N) is 2. The number of carbonyl (C=O) groups is 2. The molecule has 0 radical (unpaired) electrons. The Hall–Kier alpha value is -3.03. The third-order valence-electron chi connectivity index (χ3n) is 6.18. The predicted molar refractivity (Wildman–Crippen MR) is 121 cm³/mol. The normalized spacial score (nSPS) is 20.9. The molecule has 0 spiro atoms. The summed E-state index contributed by atoms with van der Waals surface area (Å²) in [5.74, 6) is -1.69. The molecule has 4 rings (SSSR count). The molecule has 2 aromatic carbocycles. The molecule has 166 valence electrons. The van der Waals surface area contributed by atoms with E-state index in [1.54, 1.807) is 43.6 Å². The van der Waals surface area contributed by atoms with Gasteiger partial charge in [0.15, 0.2) is 0 Å². The minimum atomic E-state index is -0.720. The van der Waals surface area contributed by atoms with Crippen molar-refractivity contribution >= 4 is 40.0 Å². The number of carbonyl (C=O) groups excluding carboxylic acids is 2. The number of aromatic nitrogens is 1. The summed E-state index contributed by atoms with van der Waals surface area (Å²) < 4.78 is 19.8. The predicted octanol–water partition coefficient (Wildman–Crippen LogP) is 4.17. The fraction of sp³-hybridized carbons (Fsp3) is 0.292. The summed E-state index contributed by atoms with van der Waals surface area (Å²) in [6, 6.07) is 12.9. The fourth-order valence-electron chi connectivity index (χ4n) is 4.33. The van der Waals surface area contributed by atoms with Crippen molar-refractivity contribution in [2.24, 2.45) is 0 Å². The van der Waals surface area contributed by atoms with Crippen molar-refractivity contribution in [3.63, 3.8) is 0 Å². The molecule has 3 aromatic rings. The van der Waals surface area contributed by atoms with Crippen molar-refractivity contribution in [3.8, 4) is 0 Å². The first kappa shape index (κ1) is 22.2. The van der Waals surface area contributed by atoms with Crippen molar-refractivity contribution in [3.05, 3.63) is 71.1 Å². The molecule has 2 amide bonds. The highest BCUT2D eigenvalue weighted by molar-refractivity contribution is 6.39. The van der Waals surface area contributed by atoms with Crippen LogP contribution in [0.4, 0.5) is 10.1 Å². The number of halogens is 2. The molecule has 0 saturated carbocycles. The van der Waals surface area contributed by atoms with Crippen LogP contribution < -0.4 is 5.32 Å². The first-order valence-corrected chi connectivity index (χ1v) is 10.6. The summed E-state index contributed by atoms with van der Waals surface area (Å²) in [4.78, 5) is 31.1. The number of likely N-dealkylation sites (tertiary alicyclic amines) is 1. The Labute approximate surface area is 190 Å². The van der Waals surface area contributed by atoms with Gasteiger partial charge in [-0.3, -0.25) is 14.6 Å². The van der Waals surface area contributed by atoms with Crippen molar-refractivity contribution < 1.29 is 18.7 Å². The van der Waals surface area contributed by atoms with Gasteiger partial charge in [0.1, 0.15) is 5.82 Å². The fourth-order valence-corrected chi connectivity index (χ4v) is 4.45. The van der Waals surface area contributed by atoms with E-state index in [4.69, 9.17) is 16.3 Å². The number of nitrogens with one attached hydrogen (secondary N) is 1. The van der Waals surface area contributed by atoms with Crippen molar-refractivity contribution in [2.75, 3.05) is 25.5 Å². The number of piperidine rings is 1. The van der Waals surface area contributed by atoms with Gasteiger partial charge in [0.2, 0.25) is 0 Å². The van der Waals surface area contributed by atoms with Gasteiger partial charge in [0, 0.05) is 47.9 Å². The second-order valence-corrected chi connectivity index (χ2v) is 8.56. The average molecular weight is 456 g/mol. The van der Waals surface area contributed by atoms with Gasteiger partial charge in [-0.15, -0.1) is 0 Å². The minimum absolute atomic E-state index is 0.235. The molecule has 1 aromatic heterocycles. The molecule has 1 aliphatic rings. The topological polar surface area (TPSA) is 71.5 Å². The van der Waals surface area contributed by atoms with Crippen LogP contribution in [-0.4, -0.2) is 48.0 Å². The lowest BCUT2D eigenvalue weighted by Gasteiger charge is -2.45. The van der Waals surface area contributed by atoms with Gasteiger partial charge in [0.25, 0.3) is 0 Å². The van der Waals surface area contributed by atoms with E-state index in [1.807, 2.05) is 13.0 Å². The van der Waals surface area contributed by atoms with Crippen molar-refractivity contribution in [2.45, 2.75) is 24.9 Å². The van der Waals surface area contributed by atoms with E-state index in [0.29, 0.717) is 29.2 Å². The highest BCUT2D eigenvalue weighted by Crippen LogP contribution is 2.40. The van der Waals surface area contributed by atoms with Crippen LogP contribution in [0.25, 0.3) is 10.9 Å². The maximum atomic E-state index is 14.0. The van der Waals surface area contributed by atoms with Gasteiger partial charge in [-0.2, -0.15) is 0 Å². The Bertz CT molecular complexity index is 1170. The van der Waals surface area contributed by atoms with E-state index in [-0.39, 0.29) is 12.4 Å². The van der Waals surface area contributed by atoms with Gasteiger partial charge in [-0.1, -0.05) is 18.5 Å². The van der Waals surface area contributed by atoms with E-state index in [9.17, 15) is 14.0 Å². The summed E-state index contributed by atoms with van der Waals surface area (Å²) in [6.07, 6.45) is 1.85. The average Bonchev–Trinajstić information content (AvgIpc) is 2.79. The largest absolute Gasteiger partial charge is 0.379 e. The second-order valence-electron chi connectivity index (χ2n) is 8.12. The maximum absolute atomic E-state index is 14.0. The zero-order valence-electron chi connectivity index (χ0n) is 17.8. The van der Waals surface area contributed by atoms with E-state index in [2.05, 4.69) is 10.3 Å². The Morgan fingerprint density at radius 1 is 1.22 bits per heavy atom. The SMILES string of the molecule is CO[C@H]1CN(C(=O)C(=O)Nc2ccc(Cl)cc2)CC[C@]1(C)c1ccnc2ccc(F)cc12. The van der Waals surface area contributed by atoms with E-state index in [1.165, 1.54) is 17.0 Å². The van der Waals surface area contributed by atoms with Crippen LogP contribution in [0.1, 0.15) is 18.9 Å². The Kier molecular flexibility index (Phi) is 6.13. The number of methoxy groups -OCH3 is 1. The molecule has 32 heavy (non-hydrogen) atoms. The van der Waals surface area contributed by atoms with Crippen LogP contribution in [0.5, 0.6) is 0 Å². The number of hydrogen-bond donors (Lipinski definition) is 1. The molecule has 2 atom stereocenters. The van der Waals surface area contributed by atoms with Crippen LogP contribution in [0, 0.1) is 5.82 Å². The number of benzene rings is 2. The Morgan fingerprint density at radius 3 is 2.69 bits per heavy atom. The molecule has 2 heterocycles. The number of hydrogen-bond acceptors (Lipinski definition) is 4. The zero-order chi connectivity index (χ0) is 22.9. The molecule has 1 fully saturated rings. The third-order valence-corrected chi connectivity index (χ3v) is 6.44. The molecule has 0 unspecified atom stereocenters. The quantitative estimate of drug-likeness (QED) is 0.602. The first-order valence-electron chi connectivity index (χ1n) is 10.2. The molecule has 1 N–H and O–H groups in total. The van der Waals surface area contributed by atoms with E-state index < -0.39 is 23.3 Å². The Balaban J connectivity index is 1.55. The smallest absolute Gasteiger partial charge is 0.313 e. The van der Waals surface area contributed by atoms with Gasteiger partial charge >= 0.3 is 11.8 Å². The number of amides is 2. The van der Waals surface area contributed by atoms with Crippen LogP contribution in [0.15, 0.2) is 54.7 Å². The minimum Gasteiger partial charge on any atom is -0.379 e. The third kappa shape index (κ3) is 4.18. The monoisotopic (exact) mass is 455 g/mol. The number of pyridine rings is 1. The summed E-state index contributed by atoms with van der Waals surface area (Å²) in [5, 5.41) is 3.86. The Morgan fingerprint density at radius 2 is 1.97 bits per heavy atom. The summed E-state index contributed by atoms with van der Waals surface area (Å²) in [5.41, 5.74) is 1.60. The number of ether oxygens (including phenoxy) is 1. The summed E-state index contributed by atoms with van der Waals surface area (Å²) in [7, 11) is 1.58. The molecule has 0 aliphatic carbocycles.